The molecule has 0 saturated carbocycles. The third-order valence-corrected chi connectivity index (χ3v) is 3.86. The second kappa shape index (κ2) is 7.40. The van der Waals surface area contributed by atoms with Crippen LogP contribution in [-0.2, 0) is 0 Å². The number of nitrogens with one attached hydrogen (secondary N) is 2. The maximum Gasteiger partial charge on any atom is 0.259 e. The van der Waals surface area contributed by atoms with E-state index in [0.717, 1.165) is 12.1 Å². The van der Waals surface area contributed by atoms with Crippen LogP contribution in [0.15, 0.2) is 36.4 Å². The van der Waals surface area contributed by atoms with Crippen LogP contribution in [0.25, 0.3) is 11.4 Å². The van der Waals surface area contributed by atoms with E-state index < -0.39 is 11.7 Å². The van der Waals surface area contributed by atoms with Gasteiger partial charge in [-0.15, -0.1) is 5.10 Å². The van der Waals surface area contributed by atoms with Gasteiger partial charge in [0, 0.05) is 6.07 Å². The van der Waals surface area contributed by atoms with Gasteiger partial charge in [0.05, 0.1) is 30.4 Å². The number of hydrogen-bond acceptors (Lipinski definition) is 5. The van der Waals surface area contributed by atoms with Gasteiger partial charge >= 0.3 is 0 Å². The van der Waals surface area contributed by atoms with E-state index in [4.69, 9.17) is 21.1 Å². The van der Waals surface area contributed by atoms with Crippen LogP contribution in [0.2, 0.25) is 5.02 Å². The van der Waals surface area contributed by atoms with E-state index in [2.05, 4.69) is 20.5 Å². The third kappa shape index (κ3) is 3.60. The molecule has 26 heavy (non-hydrogen) atoms. The second-order valence-electron chi connectivity index (χ2n) is 5.15. The fourth-order valence-electron chi connectivity index (χ4n) is 2.27. The van der Waals surface area contributed by atoms with E-state index in [0.29, 0.717) is 22.9 Å². The molecule has 3 aromatic rings. The van der Waals surface area contributed by atoms with E-state index in [-0.39, 0.29) is 16.5 Å². The first-order valence-corrected chi connectivity index (χ1v) is 7.81. The second-order valence-corrected chi connectivity index (χ2v) is 5.56. The molecule has 0 atom stereocenters. The summed E-state index contributed by atoms with van der Waals surface area (Å²) < 4.78 is 23.6. The van der Waals surface area contributed by atoms with Gasteiger partial charge in [0.15, 0.2) is 5.82 Å². The first-order valence-electron chi connectivity index (χ1n) is 7.43. The molecule has 134 valence electrons. The first-order chi connectivity index (χ1) is 12.5. The predicted molar refractivity (Wildman–Crippen MR) is 94.3 cm³/mol. The number of H-pyrrole nitrogens is 1. The van der Waals surface area contributed by atoms with Gasteiger partial charge in [0.25, 0.3) is 5.91 Å². The van der Waals surface area contributed by atoms with Crippen molar-refractivity contribution in [3.8, 4) is 22.9 Å². The molecular formula is C17H14ClFN4O3. The molecule has 9 heteroatoms. The van der Waals surface area contributed by atoms with E-state index in [1.54, 1.807) is 25.3 Å². The number of methoxy groups -OCH3 is 2. The summed E-state index contributed by atoms with van der Waals surface area (Å²) in [6, 6.07) is 8.69. The summed E-state index contributed by atoms with van der Waals surface area (Å²) in [6.45, 7) is 0. The predicted octanol–water partition coefficient (Wildman–Crippen LogP) is 3.53. The van der Waals surface area contributed by atoms with Crippen molar-refractivity contribution in [3.63, 3.8) is 0 Å². The van der Waals surface area contributed by atoms with Crippen LogP contribution in [0.5, 0.6) is 11.5 Å². The van der Waals surface area contributed by atoms with E-state index in [1.807, 2.05) is 0 Å². The van der Waals surface area contributed by atoms with Gasteiger partial charge in [-0.1, -0.05) is 11.6 Å². The molecule has 2 N–H and O–H groups in total. The average Bonchev–Trinajstić information content (AvgIpc) is 3.09. The van der Waals surface area contributed by atoms with Gasteiger partial charge < -0.3 is 9.47 Å². The van der Waals surface area contributed by atoms with Gasteiger partial charge in [-0.3, -0.25) is 15.2 Å². The smallest absolute Gasteiger partial charge is 0.259 e. The van der Waals surface area contributed by atoms with Crippen LogP contribution < -0.4 is 14.8 Å². The normalized spacial score (nSPS) is 10.5. The van der Waals surface area contributed by atoms with Crippen molar-refractivity contribution in [2.24, 2.45) is 0 Å². The molecule has 0 unspecified atom stereocenters. The number of carbonyl (C=O) groups excluding carboxylic acids is 1. The van der Waals surface area contributed by atoms with Crippen molar-refractivity contribution < 1.29 is 18.7 Å². The summed E-state index contributed by atoms with van der Waals surface area (Å²) in [5, 5.41) is 9.18. The number of aromatic amines is 1. The number of anilines is 1. The lowest BCUT2D eigenvalue weighted by Crippen LogP contribution is -2.13. The van der Waals surface area contributed by atoms with Crippen molar-refractivity contribution in [2.45, 2.75) is 0 Å². The van der Waals surface area contributed by atoms with Crippen LogP contribution in [0.1, 0.15) is 10.4 Å². The molecule has 0 saturated heterocycles. The number of amides is 1. The van der Waals surface area contributed by atoms with Crippen molar-refractivity contribution in [1.82, 2.24) is 15.2 Å². The van der Waals surface area contributed by atoms with Gasteiger partial charge in [-0.2, -0.15) is 4.98 Å². The quantitative estimate of drug-likeness (QED) is 0.711. The monoisotopic (exact) mass is 376 g/mol. The Kier molecular flexibility index (Phi) is 5.04. The van der Waals surface area contributed by atoms with Crippen LogP contribution in [0.3, 0.4) is 0 Å². The van der Waals surface area contributed by atoms with Crippen molar-refractivity contribution >= 4 is 23.5 Å². The average molecular weight is 377 g/mol. The highest BCUT2D eigenvalue weighted by molar-refractivity contribution is 6.34. The van der Waals surface area contributed by atoms with Crippen LogP contribution >= 0.6 is 11.6 Å². The Morgan fingerprint density at radius 2 is 2.00 bits per heavy atom. The number of carbonyl (C=O) groups is 1. The number of aromatic nitrogens is 3. The van der Waals surface area contributed by atoms with Gasteiger partial charge in [-0.05, 0) is 30.3 Å². The molecule has 0 radical (unpaired) electrons. The Morgan fingerprint density at radius 1 is 1.19 bits per heavy atom. The fraction of sp³-hybridized carbons (Fsp3) is 0.118. The molecule has 0 fully saturated rings. The minimum Gasteiger partial charge on any atom is -0.497 e. The lowest BCUT2D eigenvalue weighted by Gasteiger charge is -2.07. The molecule has 7 nitrogen and oxygen atoms in total. The zero-order chi connectivity index (χ0) is 18.7. The molecule has 1 aromatic heterocycles. The maximum atomic E-state index is 13.1. The van der Waals surface area contributed by atoms with Crippen LogP contribution in [0.4, 0.5) is 10.3 Å². The van der Waals surface area contributed by atoms with E-state index in [1.165, 1.54) is 13.2 Å². The van der Waals surface area contributed by atoms with Crippen LogP contribution in [0, 0.1) is 5.82 Å². The molecule has 0 aliphatic rings. The highest BCUT2D eigenvalue weighted by atomic mass is 35.5. The topological polar surface area (TPSA) is 89.1 Å². The molecular weight excluding hydrogens is 363 g/mol. The number of nitrogens with zero attached hydrogens (tertiary/aromatic N) is 2. The minimum atomic E-state index is -0.553. The van der Waals surface area contributed by atoms with E-state index in [9.17, 15) is 9.18 Å². The molecule has 3 rings (SSSR count). The number of hydrogen-bond donors (Lipinski definition) is 2. The van der Waals surface area contributed by atoms with Crippen molar-refractivity contribution in [3.05, 3.63) is 52.8 Å². The molecule has 2 aromatic carbocycles. The number of halogens is 2. The molecule has 0 spiro atoms. The fourth-order valence-corrected chi connectivity index (χ4v) is 2.53. The summed E-state index contributed by atoms with van der Waals surface area (Å²) in [5.41, 5.74) is 0.752. The molecule has 0 aliphatic heterocycles. The highest BCUT2D eigenvalue weighted by Gasteiger charge is 2.16. The Hall–Kier alpha value is -3.13. The van der Waals surface area contributed by atoms with Crippen LogP contribution in [-0.4, -0.2) is 35.3 Å². The standard InChI is InChI=1S/C17H14ClFN4O3/c1-25-10-4-6-12(14(8-10)26-2)15-20-17(23-22-15)21-16(24)11-5-3-9(19)7-13(11)18/h3-8H,1-2H3,(H2,20,21,22,23,24). The summed E-state index contributed by atoms with van der Waals surface area (Å²) >= 11 is 5.88. The molecule has 0 aliphatic carbocycles. The number of rotatable bonds is 5. The van der Waals surface area contributed by atoms with Gasteiger partial charge in [0.2, 0.25) is 5.95 Å². The number of benzene rings is 2. The maximum absolute atomic E-state index is 13.1. The zero-order valence-corrected chi connectivity index (χ0v) is 14.6. The summed E-state index contributed by atoms with van der Waals surface area (Å²) in [5.74, 6) is 0.512. The molecule has 1 amide bonds. The first kappa shape index (κ1) is 17.7. The lowest BCUT2D eigenvalue weighted by atomic mass is 10.2. The minimum absolute atomic E-state index is 0.00455. The van der Waals surface area contributed by atoms with Gasteiger partial charge in [0.1, 0.15) is 17.3 Å². The Balaban J connectivity index is 1.83. The van der Waals surface area contributed by atoms with Crippen molar-refractivity contribution in [1.29, 1.82) is 0 Å². The van der Waals surface area contributed by atoms with Gasteiger partial charge in [-0.25, -0.2) is 4.39 Å². The van der Waals surface area contributed by atoms with Crippen molar-refractivity contribution in [2.75, 3.05) is 19.5 Å². The Labute approximate surface area is 153 Å². The SMILES string of the molecule is COc1ccc(-c2nc(NC(=O)c3ccc(F)cc3Cl)n[nH]2)c(OC)c1. The Morgan fingerprint density at radius 3 is 2.69 bits per heavy atom. The lowest BCUT2D eigenvalue weighted by molar-refractivity contribution is 0.102. The highest BCUT2D eigenvalue weighted by Crippen LogP contribution is 2.31. The molecule has 0 bridgehead atoms. The Bertz CT molecular complexity index is 961. The summed E-state index contributed by atoms with van der Waals surface area (Å²) in [6.07, 6.45) is 0. The molecule has 1 heterocycles. The number of ether oxygens (including phenoxy) is 2. The largest absolute Gasteiger partial charge is 0.497 e. The summed E-state index contributed by atoms with van der Waals surface area (Å²) in [7, 11) is 3.07. The summed E-state index contributed by atoms with van der Waals surface area (Å²) in [4.78, 5) is 16.5. The third-order valence-electron chi connectivity index (χ3n) is 3.55. The zero-order valence-electron chi connectivity index (χ0n) is 13.8. The van der Waals surface area contributed by atoms with E-state index >= 15 is 0 Å².